The maximum atomic E-state index is 6.64. The first kappa shape index (κ1) is 26.0. The Morgan fingerprint density at radius 1 is 0.811 bits per heavy atom. The van der Waals surface area contributed by atoms with Gasteiger partial charge in [-0.15, -0.1) is 0 Å². The zero-order valence-corrected chi connectivity index (χ0v) is 22.4. The first-order chi connectivity index (χ1) is 18.2. The van der Waals surface area contributed by atoms with Crippen LogP contribution in [-0.2, 0) is 35.0 Å². The van der Waals surface area contributed by atoms with E-state index < -0.39 is 17.9 Å². The van der Waals surface area contributed by atoms with Crippen molar-refractivity contribution in [3.05, 3.63) is 29.8 Å². The van der Waals surface area contributed by atoms with Crippen molar-refractivity contribution in [1.82, 2.24) is 0 Å². The number of unbranched alkanes of at least 4 members (excludes halogenated alkanes) is 2. The van der Waals surface area contributed by atoms with Crippen LogP contribution in [0, 0.1) is 0 Å². The predicted molar refractivity (Wildman–Crippen MR) is 137 cm³/mol. The third-order valence-corrected chi connectivity index (χ3v) is 8.75. The van der Waals surface area contributed by atoms with Crippen LogP contribution < -0.4 is 4.74 Å². The molecule has 0 radical (unpaired) electrons. The molecule has 7 heteroatoms. The van der Waals surface area contributed by atoms with E-state index in [4.69, 9.17) is 33.2 Å². The molecule has 1 aromatic rings. The molecule has 2 saturated carbocycles. The maximum Gasteiger partial charge on any atom is 0.190 e. The van der Waals surface area contributed by atoms with Crippen molar-refractivity contribution in [2.24, 2.45) is 0 Å². The first-order valence-electron chi connectivity index (χ1n) is 14.8. The molecule has 6 rings (SSSR count). The van der Waals surface area contributed by atoms with Crippen molar-refractivity contribution in [3.8, 4) is 5.75 Å². The Hall–Kier alpha value is -1.22. The average Bonchev–Trinajstić information content (AvgIpc) is 3.58. The molecular weight excluding hydrogens is 472 g/mol. The number of ether oxygens (including phenoxy) is 7. The summed E-state index contributed by atoms with van der Waals surface area (Å²) in [5, 5.41) is 0. The van der Waals surface area contributed by atoms with Crippen LogP contribution in [0.5, 0.6) is 5.75 Å². The number of rotatable bonds is 9. The Labute approximate surface area is 221 Å². The molecule has 3 heterocycles. The van der Waals surface area contributed by atoms with Crippen molar-refractivity contribution in [2.75, 3.05) is 13.2 Å². The Kier molecular flexibility index (Phi) is 8.08. The van der Waals surface area contributed by atoms with Crippen molar-refractivity contribution in [1.29, 1.82) is 0 Å². The lowest BCUT2D eigenvalue weighted by atomic mass is 9.94. The summed E-state index contributed by atoms with van der Waals surface area (Å²) in [4.78, 5) is 0. The second-order valence-corrected chi connectivity index (χ2v) is 11.6. The van der Waals surface area contributed by atoms with Gasteiger partial charge in [-0.25, -0.2) is 0 Å². The van der Waals surface area contributed by atoms with Gasteiger partial charge in [0.2, 0.25) is 0 Å². The summed E-state index contributed by atoms with van der Waals surface area (Å²) in [6.45, 7) is 3.96. The van der Waals surface area contributed by atoms with Crippen LogP contribution in [0.25, 0.3) is 0 Å². The summed E-state index contributed by atoms with van der Waals surface area (Å²) in [7, 11) is 0. The highest BCUT2D eigenvalue weighted by Gasteiger charge is 2.61. The minimum absolute atomic E-state index is 0.179. The number of fused-ring (bicyclic) bond motifs is 1. The van der Waals surface area contributed by atoms with Gasteiger partial charge in [0.25, 0.3) is 0 Å². The van der Waals surface area contributed by atoms with Crippen LogP contribution in [0.3, 0.4) is 0 Å². The molecule has 5 aliphatic rings. The summed E-state index contributed by atoms with van der Waals surface area (Å²) < 4.78 is 44.9. The van der Waals surface area contributed by atoms with Gasteiger partial charge in [-0.2, -0.15) is 0 Å². The molecule has 2 spiro atoms. The van der Waals surface area contributed by atoms with E-state index in [0.29, 0.717) is 13.2 Å². The van der Waals surface area contributed by atoms with Gasteiger partial charge in [-0.3, -0.25) is 0 Å². The lowest BCUT2D eigenvalue weighted by Crippen LogP contribution is -2.45. The lowest BCUT2D eigenvalue weighted by Gasteiger charge is -2.35. The highest BCUT2D eigenvalue weighted by molar-refractivity contribution is 5.27. The van der Waals surface area contributed by atoms with Crippen molar-refractivity contribution in [3.63, 3.8) is 0 Å². The van der Waals surface area contributed by atoms with Crippen LogP contribution in [0.15, 0.2) is 24.3 Å². The zero-order chi connectivity index (χ0) is 25.1. The van der Waals surface area contributed by atoms with E-state index in [1.807, 2.05) is 12.1 Å². The molecule has 5 atom stereocenters. The van der Waals surface area contributed by atoms with Gasteiger partial charge in [-0.1, -0.05) is 44.7 Å². The smallest absolute Gasteiger partial charge is 0.190 e. The van der Waals surface area contributed by atoms with Gasteiger partial charge in [0.05, 0.1) is 19.8 Å². The fraction of sp³-hybridized carbons (Fsp3) is 0.800. The van der Waals surface area contributed by atoms with Gasteiger partial charge in [-0.05, 0) is 49.8 Å². The van der Waals surface area contributed by atoms with Gasteiger partial charge in [0.1, 0.15) is 30.2 Å². The molecule has 1 aromatic carbocycles. The minimum atomic E-state index is -0.519. The fourth-order valence-corrected chi connectivity index (χ4v) is 6.68. The minimum Gasteiger partial charge on any atom is -0.494 e. The van der Waals surface area contributed by atoms with E-state index in [-0.39, 0.29) is 24.4 Å². The quantitative estimate of drug-likeness (QED) is 0.372. The molecule has 5 fully saturated rings. The van der Waals surface area contributed by atoms with Gasteiger partial charge >= 0.3 is 0 Å². The SMILES string of the molecule is CCCCCOc1ccc(CO[C@@H]2[C@H]3OC4(CCCCC4)O[C@H]3O[C@@H]2[C@@H]2COC3(CCCCC3)O2)cc1. The molecule has 0 unspecified atom stereocenters. The Morgan fingerprint density at radius 3 is 2.27 bits per heavy atom. The Bertz CT molecular complexity index is 861. The van der Waals surface area contributed by atoms with E-state index in [0.717, 1.165) is 75.7 Å². The van der Waals surface area contributed by atoms with Gasteiger partial charge in [0.15, 0.2) is 17.9 Å². The maximum absolute atomic E-state index is 6.64. The second kappa shape index (κ2) is 11.5. The fourth-order valence-electron chi connectivity index (χ4n) is 6.68. The van der Waals surface area contributed by atoms with Gasteiger partial charge < -0.3 is 33.2 Å². The largest absolute Gasteiger partial charge is 0.494 e. The molecule has 0 aromatic heterocycles. The molecule has 37 heavy (non-hydrogen) atoms. The number of hydrogen-bond acceptors (Lipinski definition) is 7. The zero-order valence-electron chi connectivity index (χ0n) is 22.4. The van der Waals surface area contributed by atoms with E-state index >= 15 is 0 Å². The van der Waals surface area contributed by atoms with Crippen molar-refractivity contribution < 1.29 is 33.2 Å². The highest BCUT2D eigenvalue weighted by atomic mass is 16.9. The van der Waals surface area contributed by atoms with Crippen LogP contribution in [0.4, 0.5) is 0 Å². The Balaban J connectivity index is 1.11. The molecule has 206 valence electrons. The van der Waals surface area contributed by atoms with E-state index in [2.05, 4.69) is 19.1 Å². The van der Waals surface area contributed by atoms with E-state index in [1.165, 1.54) is 25.7 Å². The van der Waals surface area contributed by atoms with Crippen molar-refractivity contribution >= 4 is 0 Å². The molecule has 3 saturated heterocycles. The van der Waals surface area contributed by atoms with Crippen molar-refractivity contribution in [2.45, 2.75) is 139 Å². The summed E-state index contributed by atoms with van der Waals surface area (Å²) >= 11 is 0. The number of hydrogen-bond donors (Lipinski definition) is 0. The summed E-state index contributed by atoms with van der Waals surface area (Å²) in [5.74, 6) is -0.0643. The van der Waals surface area contributed by atoms with Crippen LogP contribution in [0.1, 0.15) is 96.0 Å². The monoisotopic (exact) mass is 516 g/mol. The highest BCUT2D eigenvalue weighted by Crippen LogP contribution is 2.48. The normalized spacial score (nSPS) is 34.2. The lowest BCUT2D eigenvalue weighted by molar-refractivity contribution is -0.263. The third-order valence-electron chi connectivity index (χ3n) is 8.75. The summed E-state index contributed by atoms with van der Waals surface area (Å²) in [5.41, 5.74) is 1.10. The van der Waals surface area contributed by atoms with Crippen LogP contribution >= 0.6 is 0 Å². The summed E-state index contributed by atoms with van der Waals surface area (Å²) in [6, 6.07) is 8.22. The number of benzene rings is 1. The van der Waals surface area contributed by atoms with E-state index in [9.17, 15) is 0 Å². The van der Waals surface area contributed by atoms with Crippen LogP contribution in [0.2, 0.25) is 0 Å². The second-order valence-electron chi connectivity index (χ2n) is 11.6. The predicted octanol–water partition coefficient (Wildman–Crippen LogP) is 6.02. The first-order valence-corrected chi connectivity index (χ1v) is 14.8. The molecule has 2 aliphatic carbocycles. The topological polar surface area (TPSA) is 64.6 Å². The average molecular weight is 517 g/mol. The summed E-state index contributed by atoms with van der Waals surface area (Å²) in [6.07, 6.45) is 12.9. The third kappa shape index (κ3) is 5.73. The molecular formula is C30H44O7. The molecule has 0 bridgehead atoms. The standard InChI is InChI=1S/C30H44O7/c1-2-3-10-19-31-23-13-11-22(12-14-23)20-32-26-25(24-21-33-29(35-24)15-6-4-7-16-29)34-28-27(26)36-30(37-28)17-8-5-9-18-30/h11-14,24-28H,2-10,15-21H2,1H3/t24-,25+,26-,27+,28+/m0/s1. The van der Waals surface area contributed by atoms with Crippen LogP contribution in [-0.4, -0.2) is 55.5 Å². The molecule has 0 amide bonds. The van der Waals surface area contributed by atoms with Gasteiger partial charge in [0, 0.05) is 25.7 Å². The molecule has 0 N–H and O–H groups in total. The van der Waals surface area contributed by atoms with E-state index in [1.54, 1.807) is 0 Å². The Morgan fingerprint density at radius 2 is 1.54 bits per heavy atom. The molecule has 7 nitrogen and oxygen atoms in total. The molecule has 3 aliphatic heterocycles.